The highest BCUT2D eigenvalue weighted by molar-refractivity contribution is 7.92. The van der Waals surface area contributed by atoms with Gasteiger partial charge in [0, 0.05) is 11.3 Å². The highest BCUT2D eigenvalue weighted by Crippen LogP contribution is 2.23. The van der Waals surface area contributed by atoms with E-state index in [4.69, 9.17) is 0 Å². The van der Waals surface area contributed by atoms with Crippen molar-refractivity contribution in [2.75, 3.05) is 17.1 Å². The minimum Gasteiger partial charge on any atom is -0.465 e. The quantitative estimate of drug-likeness (QED) is 0.563. The Balaban J connectivity index is 1.87. The Morgan fingerprint density at radius 2 is 1.58 bits per heavy atom. The summed E-state index contributed by atoms with van der Waals surface area (Å²) < 4.78 is 33.2. The van der Waals surface area contributed by atoms with Gasteiger partial charge in [0.05, 0.1) is 23.3 Å². The molecule has 0 aliphatic carbocycles. The minimum absolute atomic E-state index is 0.00622. The second-order valence-corrected chi connectivity index (χ2v) is 8.58. The van der Waals surface area contributed by atoms with Crippen LogP contribution in [0.2, 0.25) is 0 Å². The normalized spacial score (nSPS) is 10.9. The van der Waals surface area contributed by atoms with Gasteiger partial charge in [0.25, 0.3) is 15.9 Å². The third-order valence-electron chi connectivity index (χ3n) is 4.67. The van der Waals surface area contributed by atoms with E-state index in [-0.39, 0.29) is 16.0 Å². The molecule has 160 valence electrons. The first-order valence-corrected chi connectivity index (χ1v) is 10.9. The largest absolute Gasteiger partial charge is 0.465 e. The van der Waals surface area contributed by atoms with Gasteiger partial charge in [0.1, 0.15) is 0 Å². The lowest BCUT2D eigenvalue weighted by Gasteiger charge is -2.14. The number of aryl methyl sites for hydroxylation is 2. The van der Waals surface area contributed by atoms with E-state index in [9.17, 15) is 18.0 Å². The number of hydrogen-bond acceptors (Lipinski definition) is 5. The van der Waals surface area contributed by atoms with Crippen molar-refractivity contribution >= 4 is 33.3 Å². The smallest absolute Gasteiger partial charge is 0.337 e. The summed E-state index contributed by atoms with van der Waals surface area (Å²) in [4.78, 5) is 24.4. The molecule has 0 aromatic heterocycles. The van der Waals surface area contributed by atoms with Crippen LogP contribution in [0.1, 0.15) is 31.8 Å². The predicted octanol–water partition coefficient (Wildman–Crippen LogP) is 4.14. The van der Waals surface area contributed by atoms with Crippen LogP contribution in [0.4, 0.5) is 11.4 Å². The maximum absolute atomic E-state index is 13.0. The number of benzene rings is 3. The van der Waals surface area contributed by atoms with Gasteiger partial charge >= 0.3 is 5.97 Å². The highest BCUT2D eigenvalue weighted by Gasteiger charge is 2.20. The molecule has 0 saturated carbocycles. The molecule has 0 fully saturated rings. The van der Waals surface area contributed by atoms with E-state index in [1.165, 1.54) is 19.2 Å². The fourth-order valence-electron chi connectivity index (χ4n) is 2.96. The van der Waals surface area contributed by atoms with E-state index >= 15 is 0 Å². The molecule has 0 aliphatic rings. The Bertz CT molecular complexity index is 1250. The van der Waals surface area contributed by atoms with Crippen molar-refractivity contribution in [1.29, 1.82) is 0 Å². The molecule has 0 bridgehead atoms. The fraction of sp³-hybridized carbons (Fsp3) is 0.130. The molecular formula is C23H22N2O5S. The summed E-state index contributed by atoms with van der Waals surface area (Å²) >= 11 is 0. The molecule has 3 aromatic carbocycles. The van der Waals surface area contributed by atoms with Gasteiger partial charge in [-0.2, -0.15) is 0 Å². The molecule has 8 heteroatoms. The number of methoxy groups -OCH3 is 1. The number of carbonyl (C=O) groups is 2. The lowest BCUT2D eigenvalue weighted by atomic mass is 10.1. The standard InChI is InChI=1S/C23H22N2O5S/c1-15-7-4-5-10-20(15)25-31(28,29)21-14-17(12-11-16(21)2)22(26)24-19-9-6-8-18(13-19)23(27)30-3/h4-14,25H,1-3H3,(H,24,26). The number of nitrogens with one attached hydrogen (secondary N) is 2. The first-order chi connectivity index (χ1) is 14.7. The van der Waals surface area contributed by atoms with Crippen LogP contribution in [0.3, 0.4) is 0 Å². The molecule has 0 aliphatic heterocycles. The number of carbonyl (C=O) groups excluding carboxylic acids is 2. The number of ether oxygens (including phenoxy) is 1. The molecule has 31 heavy (non-hydrogen) atoms. The number of esters is 1. The van der Waals surface area contributed by atoms with Crippen LogP contribution in [0.25, 0.3) is 0 Å². The molecular weight excluding hydrogens is 416 g/mol. The highest BCUT2D eigenvalue weighted by atomic mass is 32.2. The van der Waals surface area contributed by atoms with Crippen molar-refractivity contribution in [2.24, 2.45) is 0 Å². The van der Waals surface area contributed by atoms with E-state index in [0.717, 1.165) is 5.56 Å². The van der Waals surface area contributed by atoms with Crippen molar-refractivity contribution < 1.29 is 22.7 Å². The molecule has 1 amide bonds. The third-order valence-corrected chi connectivity index (χ3v) is 6.18. The summed E-state index contributed by atoms with van der Waals surface area (Å²) in [7, 11) is -2.64. The monoisotopic (exact) mass is 438 g/mol. The minimum atomic E-state index is -3.91. The summed E-state index contributed by atoms with van der Waals surface area (Å²) in [6.07, 6.45) is 0. The molecule has 0 spiro atoms. The Labute approximate surface area is 181 Å². The Morgan fingerprint density at radius 3 is 2.29 bits per heavy atom. The summed E-state index contributed by atoms with van der Waals surface area (Å²) in [6, 6.07) is 17.8. The van der Waals surface area contributed by atoms with Gasteiger partial charge in [-0.25, -0.2) is 13.2 Å². The Kier molecular flexibility index (Phi) is 6.41. The second-order valence-electron chi connectivity index (χ2n) is 6.93. The van der Waals surface area contributed by atoms with Crippen molar-refractivity contribution in [3.63, 3.8) is 0 Å². The van der Waals surface area contributed by atoms with Crippen LogP contribution in [0, 0.1) is 13.8 Å². The average Bonchev–Trinajstić information content (AvgIpc) is 2.75. The zero-order valence-corrected chi connectivity index (χ0v) is 18.1. The Morgan fingerprint density at radius 1 is 0.839 bits per heavy atom. The fourth-order valence-corrected chi connectivity index (χ4v) is 4.37. The van der Waals surface area contributed by atoms with Gasteiger partial charge in [-0.1, -0.05) is 30.3 Å². The molecule has 0 atom stereocenters. The second kappa shape index (κ2) is 9.01. The summed E-state index contributed by atoms with van der Waals surface area (Å²) in [5.41, 5.74) is 2.59. The zero-order valence-electron chi connectivity index (χ0n) is 17.3. The number of anilines is 2. The maximum atomic E-state index is 13.0. The van der Waals surface area contributed by atoms with E-state index in [1.807, 2.05) is 6.07 Å². The van der Waals surface area contributed by atoms with Crippen LogP contribution < -0.4 is 10.0 Å². The maximum Gasteiger partial charge on any atom is 0.337 e. The number of sulfonamides is 1. The van der Waals surface area contributed by atoms with Crippen molar-refractivity contribution in [2.45, 2.75) is 18.7 Å². The molecule has 0 heterocycles. The molecule has 0 radical (unpaired) electrons. The molecule has 2 N–H and O–H groups in total. The van der Waals surface area contributed by atoms with Crippen molar-refractivity contribution in [3.05, 3.63) is 89.0 Å². The van der Waals surface area contributed by atoms with Gasteiger partial charge in [-0.05, 0) is 61.4 Å². The number of hydrogen-bond donors (Lipinski definition) is 2. The molecule has 7 nitrogen and oxygen atoms in total. The van der Waals surface area contributed by atoms with E-state index in [0.29, 0.717) is 16.9 Å². The zero-order chi connectivity index (χ0) is 22.6. The topological polar surface area (TPSA) is 102 Å². The van der Waals surface area contributed by atoms with Crippen molar-refractivity contribution in [1.82, 2.24) is 0 Å². The summed E-state index contributed by atoms with van der Waals surface area (Å²) in [5, 5.41) is 2.67. The lowest BCUT2D eigenvalue weighted by molar-refractivity contribution is 0.0600. The van der Waals surface area contributed by atoms with Crippen molar-refractivity contribution in [3.8, 4) is 0 Å². The summed E-state index contributed by atoms with van der Waals surface area (Å²) in [5.74, 6) is -1.03. The number of para-hydroxylation sites is 1. The lowest BCUT2D eigenvalue weighted by Crippen LogP contribution is -2.17. The van der Waals surface area contributed by atoms with Gasteiger partial charge in [0.15, 0.2) is 0 Å². The van der Waals surface area contributed by atoms with Crippen LogP contribution in [-0.4, -0.2) is 27.4 Å². The van der Waals surface area contributed by atoms with Gasteiger partial charge < -0.3 is 10.1 Å². The van der Waals surface area contributed by atoms with Crippen LogP contribution >= 0.6 is 0 Å². The predicted molar refractivity (Wildman–Crippen MR) is 119 cm³/mol. The molecule has 3 rings (SSSR count). The van der Waals surface area contributed by atoms with Crippen LogP contribution in [-0.2, 0) is 14.8 Å². The SMILES string of the molecule is COC(=O)c1cccc(NC(=O)c2ccc(C)c(S(=O)(=O)Nc3ccccc3C)c2)c1. The first kappa shape index (κ1) is 22.0. The van der Waals surface area contributed by atoms with E-state index in [2.05, 4.69) is 14.8 Å². The van der Waals surface area contributed by atoms with Gasteiger partial charge in [-0.3, -0.25) is 9.52 Å². The van der Waals surface area contributed by atoms with Gasteiger partial charge in [0.2, 0.25) is 0 Å². The van der Waals surface area contributed by atoms with E-state index < -0.39 is 21.9 Å². The number of rotatable bonds is 6. The Hall–Kier alpha value is -3.65. The molecule has 0 saturated heterocycles. The average molecular weight is 439 g/mol. The third kappa shape index (κ3) is 5.10. The number of amides is 1. The van der Waals surface area contributed by atoms with Crippen LogP contribution in [0.15, 0.2) is 71.6 Å². The molecule has 0 unspecified atom stereocenters. The first-order valence-electron chi connectivity index (χ1n) is 9.40. The summed E-state index contributed by atoms with van der Waals surface area (Å²) in [6.45, 7) is 3.46. The van der Waals surface area contributed by atoms with E-state index in [1.54, 1.807) is 62.4 Å². The van der Waals surface area contributed by atoms with Crippen LogP contribution in [0.5, 0.6) is 0 Å². The van der Waals surface area contributed by atoms with Gasteiger partial charge in [-0.15, -0.1) is 0 Å². The molecule has 3 aromatic rings.